The number of nitrogens with one attached hydrogen (secondary N) is 1. The first-order valence-electron chi connectivity index (χ1n) is 9.63. The smallest absolute Gasteiger partial charge is 0.251 e. The molecule has 0 radical (unpaired) electrons. The Kier molecular flexibility index (Phi) is 13.2. The van der Waals surface area contributed by atoms with E-state index in [0.717, 1.165) is 26.8 Å². The first-order chi connectivity index (χ1) is 14.7. The third kappa shape index (κ3) is 9.42. The van der Waals surface area contributed by atoms with Crippen LogP contribution in [0.15, 0.2) is 24.3 Å². The molecule has 1 saturated heterocycles. The molecule has 2 heterocycles. The lowest BCUT2D eigenvalue weighted by atomic mass is 10.1. The predicted molar refractivity (Wildman–Crippen MR) is 124 cm³/mol. The highest BCUT2D eigenvalue weighted by atomic mass is 32.1. The molecule has 1 aromatic carbocycles. The van der Waals surface area contributed by atoms with E-state index in [-0.39, 0.29) is 18.2 Å². The number of likely N-dealkylation sites (N-methyl/N-ethyl adjacent to an activating group) is 1. The molecule has 0 spiro atoms. The van der Waals surface area contributed by atoms with E-state index in [0.29, 0.717) is 13.0 Å². The van der Waals surface area contributed by atoms with Crippen molar-refractivity contribution in [3.63, 3.8) is 0 Å². The number of nitrogens with two attached hydrogens (primary N) is 1. The van der Waals surface area contributed by atoms with E-state index < -0.39 is 6.10 Å². The molecule has 0 saturated carbocycles. The standard InChI is InChI=1S/C14H12N2OS.C5H9NO2.C2H6.CH3NO/c1-4-11-6-5-7-12(8-11)14-15-9(2)13(18-14)16-10(3)17;1-6-3-2-4(7)5(6)8;1-2;2-1-3/h1,5-8H,2-3H3,(H,16,17);4,7H,2-3H2,1H3;1-2H3;1H,(H2,2,3). The second kappa shape index (κ2) is 14.7. The lowest BCUT2D eigenvalue weighted by Gasteiger charge is -2.04. The van der Waals surface area contributed by atoms with Gasteiger partial charge in [-0.15, -0.1) is 6.42 Å². The Morgan fingerprint density at radius 2 is 2.06 bits per heavy atom. The number of rotatable bonds is 2. The van der Waals surface area contributed by atoms with Crippen molar-refractivity contribution in [1.82, 2.24) is 9.88 Å². The highest BCUT2D eigenvalue weighted by Gasteiger charge is 2.25. The van der Waals surface area contributed by atoms with Crippen molar-refractivity contribution in [2.45, 2.75) is 40.2 Å². The number of carbonyl (C=O) groups excluding carboxylic acids is 3. The van der Waals surface area contributed by atoms with Crippen LogP contribution in [-0.4, -0.2) is 52.9 Å². The number of thiazole rings is 1. The van der Waals surface area contributed by atoms with E-state index in [1.54, 1.807) is 7.05 Å². The fourth-order valence-electron chi connectivity index (χ4n) is 2.34. The summed E-state index contributed by atoms with van der Waals surface area (Å²) >= 11 is 1.45. The van der Waals surface area contributed by atoms with Crippen LogP contribution in [0.1, 0.15) is 38.4 Å². The van der Waals surface area contributed by atoms with Crippen molar-refractivity contribution in [3.8, 4) is 22.9 Å². The number of hydrogen-bond acceptors (Lipinski definition) is 6. The largest absolute Gasteiger partial charge is 0.383 e. The number of aliphatic hydroxyl groups is 1. The van der Waals surface area contributed by atoms with E-state index in [9.17, 15) is 9.59 Å². The Labute approximate surface area is 187 Å². The summed E-state index contributed by atoms with van der Waals surface area (Å²) in [6, 6.07) is 7.64. The lowest BCUT2D eigenvalue weighted by molar-refractivity contribution is -0.133. The molecule has 3 amide bonds. The number of carbonyl (C=O) groups is 3. The van der Waals surface area contributed by atoms with Gasteiger partial charge in [-0.25, -0.2) is 4.98 Å². The number of aromatic nitrogens is 1. The minimum absolute atomic E-state index is 0.0920. The quantitative estimate of drug-likeness (QED) is 0.482. The van der Waals surface area contributed by atoms with Gasteiger partial charge in [-0.1, -0.05) is 43.2 Å². The third-order valence-electron chi connectivity index (χ3n) is 3.76. The first kappa shape index (κ1) is 27.8. The van der Waals surface area contributed by atoms with Gasteiger partial charge in [0, 0.05) is 31.6 Å². The number of amides is 3. The molecule has 9 heteroatoms. The molecule has 0 bridgehead atoms. The molecule has 1 aromatic heterocycles. The highest BCUT2D eigenvalue weighted by molar-refractivity contribution is 7.19. The monoisotopic (exact) mass is 446 g/mol. The molecule has 1 unspecified atom stereocenters. The lowest BCUT2D eigenvalue weighted by Crippen LogP contribution is -2.24. The molecule has 1 aliphatic heterocycles. The summed E-state index contributed by atoms with van der Waals surface area (Å²) < 4.78 is 0. The zero-order valence-electron chi connectivity index (χ0n) is 18.5. The molecule has 1 aliphatic rings. The fourth-order valence-corrected chi connectivity index (χ4v) is 3.35. The Hall–Kier alpha value is -3.22. The molecule has 31 heavy (non-hydrogen) atoms. The number of likely N-dealkylation sites (tertiary alicyclic amines) is 1. The molecule has 4 N–H and O–H groups in total. The number of benzene rings is 1. The number of hydrogen-bond donors (Lipinski definition) is 3. The maximum Gasteiger partial charge on any atom is 0.251 e. The molecule has 168 valence electrons. The molecule has 2 aromatic rings. The van der Waals surface area contributed by atoms with Crippen LogP contribution in [-0.2, 0) is 14.4 Å². The number of terminal acetylenes is 1. The molecular formula is C22H30N4O4S. The zero-order chi connectivity index (χ0) is 24.0. The van der Waals surface area contributed by atoms with Crippen LogP contribution < -0.4 is 11.1 Å². The van der Waals surface area contributed by atoms with Crippen molar-refractivity contribution in [1.29, 1.82) is 0 Å². The van der Waals surface area contributed by atoms with Crippen LogP contribution in [0.2, 0.25) is 0 Å². The van der Waals surface area contributed by atoms with Crippen molar-refractivity contribution < 1.29 is 19.5 Å². The Morgan fingerprint density at radius 1 is 1.45 bits per heavy atom. The summed E-state index contributed by atoms with van der Waals surface area (Å²) in [4.78, 5) is 36.2. The van der Waals surface area contributed by atoms with Gasteiger partial charge in [-0.2, -0.15) is 0 Å². The summed E-state index contributed by atoms with van der Waals surface area (Å²) in [6.45, 7) is 8.05. The third-order valence-corrected chi connectivity index (χ3v) is 4.88. The van der Waals surface area contributed by atoms with E-state index in [2.05, 4.69) is 22.0 Å². The van der Waals surface area contributed by atoms with E-state index in [1.807, 2.05) is 45.0 Å². The van der Waals surface area contributed by atoms with Crippen LogP contribution in [0.5, 0.6) is 0 Å². The highest BCUT2D eigenvalue weighted by Crippen LogP contribution is 2.31. The fraction of sp³-hybridized carbons (Fsp3) is 0.364. The molecule has 0 aliphatic carbocycles. The van der Waals surface area contributed by atoms with Gasteiger partial charge < -0.3 is 21.1 Å². The number of nitrogens with zero attached hydrogens (tertiary/aromatic N) is 2. The number of anilines is 1. The number of aryl methyl sites for hydroxylation is 1. The Morgan fingerprint density at radius 3 is 2.48 bits per heavy atom. The molecule has 3 rings (SSSR count). The molecule has 1 fully saturated rings. The average molecular weight is 447 g/mol. The first-order valence-corrected chi connectivity index (χ1v) is 10.5. The Bertz CT molecular complexity index is 893. The second-order valence-electron chi connectivity index (χ2n) is 6.04. The van der Waals surface area contributed by atoms with Crippen molar-refractivity contribution in [3.05, 3.63) is 35.5 Å². The van der Waals surface area contributed by atoms with Gasteiger partial charge in [0.2, 0.25) is 12.3 Å². The van der Waals surface area contributed by atoms with Crippen molar-refractivity contribution >= 4 is 34.6 Å². The van der Waals surface area contributed by atoms with Gasteiger partial charge >= 0.3 is 0 Å². The van der Waals surface area contributed by atoms with Crippen LogP contribution in [0, 0.1) is 19.3 Å². The van der Waals surface area contributed by atoms with Gasteiger partial charge in [-0.3, -0.25) is 14.4 Å². The summed E-state index contributed by atoms with van der Waals surface area (Å²) in [5, 5.41) is 13.2. The van der Waals surface area contributed by atoms with Crippen LogP contribution in [0.25, 0.3) is 10.6 Å². The van der Waals surface area contributed by atoms with Crippen LogP contribution in [0.3, 0.4) is 0 Å². The summed E-state index contributed by atoms with van der Waals surface area (Å²) in [6.07, 6.45) is 5.49. The van der Waals surface area contributed by atoms with Crippen LogP contribution in [0.4, 0.5) is 5.00 Å². The summed E-state index contributed by atoms with van der Waals surface area (Å²) in [5.74, 6) is 2.36. The zero-order valence-corrected chi connectivity index (χ0v) is 19.3. The number of aliphatic hydroxyl groups excluding tert-OH is 1. The van der Waals surface area contributed by atoms with E-state index in [4.69, 9.17) is 16.3 Å². The van der Waals surface area contributed by atoms with Gasteiger partial charge in [-0.05, 0) is 25.5 Å². The minimum atomic E-state index is -0.722. The van der Waals surface area contributed by atoms with Crippen LogP contribution >= 0.6 is 11.3 Å². The topological polar surface area (TPSA) is 126 Å². The SMILES string of the molecule is C#Cc1cccc(-c2nc(C)c(NC(C)=O)s2)c1.CC.CN1CCC(O)C1=O.NC=O. The summed E-state index contributed by atoms with van der Waals surface area (Å²) in [5.41, 5.74) is 6.77. The molecule has 1 atom stereocenters. The molecular weight excluding hydrogens is 416 g/mol. The minimum Gasteiger partial charge on any atom is -0.383 e. The van der Waals surface area contributed by atoms with E-state index >= 15 is 0 Å². The maximum atomic E-state index is 11.1. The van der Waals surface area contributed by atoms with Crippen molar-refractivity contribution in [2.75, 3.05) is 18.9 Å². The normalized spacial score (nSPS) is 13.9. The van der Waals surface area contributed by atoms with Gasteiger partial charge in [0.25, 0.3) is 5.91 Å². The summed E-state index contributed by atoms with van der Waals surface area (Å²) in [7, 11) is 1.69. The van der Waals surface area contributed by atoms with E-state index in [1.165, 1.54) is 23.2 Å². The van der Waals surface area contributed by atoms with Gasteiger partial charge in [0.15, 0.2) is 0 Å². The van der Waals surface area contributed by atoms with Gasteiger partial charge in [0.05, 0.1) is 5.69 Å². The Balaban J connectivity index is 0.000000575. The second-order valence-corrected chi connectivity index (χ2v) is 7.04. The average Bonchev–Trinajstić information content (AvgIpc) is 3.26. The maximum absolute atomic E-state index is 11.1. The van der Waals surface area contributed by atoms with Gasteiger partial charge in [0.1, 0.15) is 16.1 Å². The number of primary amides is 1. The predicted octanol–water partition coefficient (Wildman–Crippen LogP) is 2.40. The molecule has 8 nitrogen and oxygen atoms in total. The van der Waals surface area contributed by atoms with Crippen molar-refractivity contribution in [2.24, 2.45) is 5.73 Å².